The van der Waals surface area contributed by atoms with Gasteiger partial charge in [0.25, 0.3) is 0 Å². The fraction of sp³-hybridized carbons (Fsp3) is 0.400. The third-order valence-electron chi connectivity index (χ3n) is 5.09. The maximum atomic E-state index is 6.90. The van der Waals surface area contributed by atoms with E-state index in [4.69, 9.17) is 5.73 Å². The van der Waals surface area contributed by atoms with E-state index in [9.17, 15) is 0 Å². The van der Waals surface area contributed by atoms with Gasteiger partial charge in [0.2, 0.25) is 0 Å². The highest BCUT2D eigenvalue weighted by molar-refractivity contribution is 5.34. The summed E-state index contributed by atoms with van der Waals surface area (Å²) < 4.78 is 0. The van der Waals surface area contributed by atoms with Crippen LogP contribution in [0.1, 0.15) is 44.9 Å². The molecule has 2 aromatic rings. The number of hydrogen-bond donors (Lipinski definition) is 3. The summed E-state index contributed by atoms with van der Waals surface area (Å²) in [6.07, 6.45) is 0. The molecular weight excluding hydrogens is 282 g/mol. The summed E-state index contributed by atoms with van der Waals surface area (Å²) in [6.45, 7) is 8.74. The summed E-state index contributed by atoms with van der Waals surface area (Å²) in [5.41, 5.74) is 8.11. The van der Waals surface area contributed by atoms with Gasteiger partial charge in [0.1, 0.15) is 5.66 Å². The van der Waals surface area contributed by atoms with E-state index in [1.54, 1.807) is 0 Å². The van der Waals surface area contributed by atoms with E-state index in [-0.39, 0.29) is 17.1 Å². The molecule has 3 heteroatoms. The number of hydrogen-bond acceptors (Lipinski definition) is 3. The third kappa shape index (κ3) is 2.69. The Morgan fingerprint density at radius 3 is 1.91 bits per heavy atom. The van der Waals surface area contributed by atoms with Crippen LogP contribution < -0.4 is 16.4 Å². The highest BCUT2D eigenvalue weighted by Gasteiger charge is 2.54. The van der Waals surface area contributed by atoms with Gasteiger partial charge in [-0.15, -0.1) is 0 Å². The first kappa shape index (κ1) is 16.2. The van der Waals surface area contributed by atoms with Gasteiger partial charge in [-0.1, -0.05) is 60.7 Å². The second-order valence-electron chi connectivity index (χ2n) is 7.63. The summed E-state index contributed by atoms with van der Waals surface area (Å²) in [5.74, 6) is 0. The number of rotatable bonds is 2. The van der Waals surface area contributed by atoms with E-state index in [0.29, 0.717) is 0 Å². The van der Waals surface area contributed by atoms with Gasteiger partial charge in [-0.3, -0.25) is 10.6 Å². The van der Waals surface area contributed by atoms with Gasteiger partial charge in [-0.2, -0.15) is 0 Å². The Labute approximate surface area is 139 Å². The maximum Gasteiger partial charge on any atom is 0.111 e. The summed E-state index contributed by atoms with van der Waals surface area (Å²) in [7, 11) is 0. The van der Waals surface area contributed by atoms with Crippen LogP contribution in [0.4, 0.5) is 0 Å². The molecule has 0 aliphatic carbocycles. The molecule has 1 saturated heterocycles. The van der Waals surface area contributed by atoms with Gasteiger partial charge < -0.3 is 5.73 Å². The molecule has 0 saturated carbocycles. The molecule has 2 aromatic carbocycles. The Bertz CT molecular complexity index is 664. The lowest BCUT2D eigenvalue weighted by Gasteiger charge is -2.58. The smallest absolute Gasteiger partial charge is 0.111 e. The Morgan fingerprint density at radius 2 is 1.35 bits per heavy atom. The average Bonchev–Trinajstić information content (AvgIpc) is 2.52. The van der Waals surface area contributed by atoms with E-state index in [1.165, 1.54) is 5.56 Å². The first-order chi connectivity index (χ1) is 10.8. The van der Waals surface area contributed by atoms with Gasteiger partial charge in [-0.25, -0.2) is 0 Å². The topological polar surface area (TPSA) is 50.1 Å². The minimum absolute atomic E-state index is 0.180. The molecule has 3 nitrogen and oxygen atoms in total. The third-order valence-corrected chi connectivity index (χ3v) is 5.09. The lowest BCUT2D eigenvalue weighted by Crippen LogP contribution is -2.79. The SMILES string of the molecule is CC1(C)NC(N)(c2ccccc2)C(C)(C)NC1c1ccccc1. The lowest BCUT2D eigenvalue weighted by atomic mass is 9.72. The van der Waals surface area contributed by atoms with Crippen molar-refractivity contribution in [1.29, 1.82) is 0 Å². The number of nitrogens with one attached hydrogen (secondary N) is 2. The van der Waals surface area contributed by atoms with Crippen molar-refractivity contribution in [2.24, 2.45) is 5.73 Å². The number of benzene rings is 2. The summed E-state index contributed by atoms with van der Waals surface area (Å²) >= 11 is 0. The Balaban J connectivity index is 2.03. The van der Waals surface area contributed by atoms with Crippen LogP contribution in [0.5, 0.6) is 0 Å². The zero-order valence-corrected chi connectivity index (χ0v) is 14.4. The molecule has 0 bridgehead atoms. The van der Waals surface area contributed by atoms with Crippen LogP contribution in [-0.4, -0.2) is 11.1 Å². The molecule has 0 radical (unpaired) electrons. The van der Waals surface area contributed by atoms with Crippen molar-refractivity contribution in [1.82, 2.24) is 10.6 Å². The van der Waals surface area contributed by atoms with E-state index >= 15 is 0 Å². The predicted octanol–water partition coefficient (Wildman–Crippen LogP) is 3.29. The number of nitrogens with two attached hydrogens (primary N) is 1. The molecule has 1 fully saturated rings. The zero-order valence-electron chi connectivity index (χ0n) is 14.4. The van der Waals surface area contributed by atoms with Crippen LogP contribution in [0.25, 0.3) is 0 Å². The Hall–Kier alpha value is -1.68. The molecule has 0 spiro atoms. The van der Waals surface area contributed by atoms with Crippen molar-refractivity contribution in [2.45, 2.75) is 50.5 Å². The van der Waals surface area contributed by atoms with Crippen LogP contribution in [-0.2, 0) is 5.66 Å². The second kappa shape index (κ2) is 5.45. The minimum Gasteiger partial charge on any atom is -0.308 e. The minimum atomic E-state index is -0.650. The highest BCUT2D eigenvalue weighted by atomic mass is 15.3. The predicted molar refractivity (Wildman–Crippen MR) is 95.9 cm³/mol. The van der Waals surface area contributed by atoms with Crippen LogP contribution in [0.3, 0.4) is 0 Å². The van der Waals surface area contributed by atoms with E-state index in [1.807, 2.05) is 18.2 Å². The maximum absolute atomic E-state index is 6.90. The molecular formula is C20H27N3. The fourth-order valence-electron chi connectivity index (χ4n) is 3.67. The van der Waals surface area contributed by atoms with Gasteiger partial charge in [0, 0.05) is 11.1 Å². The standard InChI is InChI=1S/C20H27N3/c1-18(2)17(15-11-7-5-8-12-15)22-19(3,4)20(21,23-18)16-13-9-6-10-14-16/h5-14,17,22-23H,21H2,1-4H3. The van der Waals surface area contributed by atoms with Crippen LogP contribution in [0.2, 0.25) is 0 Å². The summed E-state index contributed by atoms with van der Waals surface area (Å²) in [4.78, 5) is 0. The molecule has 1 aliphatic rings. The molecule has 2 atom stereocenters. The van der Waals surface area contributed by atoms with Crippen LogP contribution in [0, 0.1) is 0 Å². The molecule has 2 unspecified atom stereocenters. The molecule has 1 heterocycles. The number of piperazine rings is 1. The first-order valence-corrected chi connectivity index (χ1v) is 8.23. The van der Waals surface area contributed by atoms with E-state index in [0.717, 1.165) is 5.56 Å². The van der Waals surface area contributed by atoms with E-state index in [2.05, 4.69) is 80.8 Å². The van der Waals surface area contributed by atoms with Crippen molar-refractivity contribution in [3.05, 3.63) is 71.8 Å². The van der Waals surface area contributed by atoms with Gasteiger partial charge >= 0.3 is 0 Å². The van der Waals surface area contributed by atoms with Crippen molar-refractivity contribution in [2.75, 3.05) is 0 Å². The molecule has 1 aliphatic heterocycles. The van der Waals surface area contributed by atoms with Crippen LogP contribution in [0.15, 0.2) is 60.7 Å². The summed E-state index contributed by atoms with van der Waals surface area (Å²) in [5, 5.41) is 7.54. The largest absolute Gasteiger partial charge is 0.308 e. The van der Waals surface area contributed by atoms with E-state index < -0.39 is 5.66 Å². The quantitative estimate of drug-likeness (QED) is 0.798. The fourth-order valence-corrected chi connectivity index (χ4v) is 3.67. The molecule has 3 rings (SSSR count). The normalized spacial score (nSPS) is 29.2. The highest BCUT2D eigenvalue weighted by Crippen LogP contribution is 2.41. The average molecular weight is 309 g/mol. The van der Waals surface area contributed by atoms with Gasteiger partial charge in [-0.05, 0) is 38.8 Å². The molecule has 0 aromatic heterocycles. The molecule has 122 valence electrons. The van der Waals surface area contributed by atoms with Crippen molar-refractivity contribution >= 4 is 0 Å². The van der Waals surface area contributed by atoms with Crippen LogP contribution >= 0.6 is 0 Å². The van der Waals surface area contributed by atoms with Gasteiger partial charge in [0.05, 0.1) is 6.04 Å². The monoisotopic (exact) mass is 309 g/mol. The van der Waals surface area contributed by atoms with Gasteiger partial charge in [0.15, 0.2) is 0 Å². The molecule has 4 N–H and O–H groups in total. The first-order valence-electron chi connectivity index (χ1n) is 8.23. The van der Waals surface area contributed by atoms with Crippen molar-refractivity contribution in [3.8, 4) is 0 Å². The van der Waals surface area contributed by atoms with Crippen molar-refractivity contribution in [3.63, 3.8) is 0 Å². The Morgan fingerprint density at radius 1 is 0.826 bits per heavy atom. The zero-order chi connectivity index (χ0) is 16.7. The summed E-state index contributed by atoms with van der Waals surface area (Å²) in [6, 6.07) is 21.0. The molecule has 0 amide bonds. The lowest BCUT2D eigenvalue weighted by molar-refractivity contribution is 0.0267. The van der Waals surface area contributed by atoms with Crippen molar-refractivity contribution < 1.29 is 0 Å². The Kier molecular flexibility index (Phi) is 3.83. The molecule has 23 heavy (non-hydrogen) atoms. The second-order valence-corrected chi connectivity index (χ2v) is 7.63.